The van der Waals surface area contributed by atoms with Crippen LogP contribution in [-0.2, 0) is 4.74 Å². The van der Waals surface area contributed by atoms with Gasteiger partial charge >= 0.3 is 0 Å². The second-order valence-electron chi connectivity index (χ2n) is 6.39. The molecule has 2 aliphatic rings. The van der Waals surface area contributed by atoms with Gasteiger partial charge in [-0.3, -0.25) is 0 Å². The van der Waals surface area contributed by atoms with Crippen LogP contribution in [0.15, 0.2) is 0 Å². The minimum atomic E-state index is 0.694. The highest BCUT2D eigenvalue weighted by molar-refractivity contribution is 4.76. The SMILES string of the molecule is CN(C)CC1CCN(CCNC2CCOCC2)CC1. The Labute approximate surface area is 118 Å². The van der Waals surface area contributed by atoms with E-state index in [4.69, 9.17) is 4.74 Å². The fraction of sp³-hybridized carbons (Fsp3) is 1.00. The zero-order valence-electron chi connectivity index (χ0n) is 12.7. The zero-order valence-corrected chi connectivity index (χ0v) is 12.7. The molecule has 0 spiro atoms. The highest BCUT2D eigenvalue weighted by Gasteiger charge is 2.19. The Morgan fingerprint density at radius 3 is 2.42 bits per heavy atom. The van der Waals surface area contributed by atoms with Crippen LogP contribution in [0, 0.1) is 5.92 Å². The monoisotopic (exact) mass is 269 g/mol. The Hall–Kier alpha value is -0.160. The third-order valence-corrected chi connectivity index (χ3v) is 4.41. The molecule has 2 rings (SSSR count). The number of piperidine rings is 1. The van der Waals surface area contributed by atoms with Crippen molar-refractivity contribution in [3.05, 3.63) is 0 Å². The van der Waals surface area contributed by atoms with Gasteiger partial charge in [-0.15, -0.1) is 0 Å². The van der Waals surface area contributed by atoms with E-state index in [0.717, 1.165) is 25.7 Å². The average Bonchev–Trinajstić information content (AvgIpc) is 2.41. The first-order chi connectivity index (χ1) is 9.24. The molecule has 0 atom stereocenters. The van der Waals surface area contributed by atoms with Crippen molar-refractivity contribution in [3.8, 4) is 0 Å². The van der Waals surface area contributed by atoms with Crippen LogP contribution in [0.5, 0.6) is 0 Å². The zero-order chi connectivity index (χ0) is 13.5. The summed E-state index contributed by atoms with van der Waals surface area (Å²) in [6, 6.07) is 0.694. The maximum absolute atomic E-state index is 5.39. The number of nitrogens with one attached hydrogen (secondary N) is 1. The van der Waals surface area contributed by atoms with Crippen molar-refractivity contribution in [1.29, 1.82) is 0 Å². The molecule has 0 saturated carbocycles. The molecule has 4 heteroatoms. The van der Waals surface area contributed by atoms with E-state index >= 15 is 0 Å². The molecule has 2 saturated heterocycles. The van der Waals surface area contributed by atoms with Gasteiger partial charge < -0.3 is 19.9 Å². The number of likely N-dealkylation sites (tertiary alicyclic amines) is 1. The van der Waals surface area contributed by atoms with Gasteiger partial charge in [-0.2, -0.15) is 0 Å². The van der Waals surface area contributed by atoms with Gasteiger partial charge in [0.15, 0.2) is 0 Å². The molecule has 2 aliphatic heterocycles. The molecular formula is C15H31N3O. The van der Waals surface area contributed by atoms with E-state index in [1.165, 1.54) is 51.9 Å². The number of hydrogen-bond donors (Lipinski definition) is 1. The Bertz CT molecular complexity index is 234. The summed E-state index contributed by atoms with van der Waals surface area (Å²) in [4.78, 5) is 4.95. The lowest BCUT2D eigenvalue weighted by molar-refractivity contribution is 0.0765. The van der Waals surface area contributed by atoms with Crippen molar-refractivity contribution >= 4 is 0 Å². The summed E-state index contributed by atoms with van der Waals surface area (Å²) in [5.74, 6) is 0.912. The molecule has 112 valence electrons. The third kappa shape index (κ3) is 5.78. The number of ether oxygens (including phenoxy) is 1. The van der Waals surface area contributed by atoms with Gasteiger partial charge in [-0.25, -0.2) is 0 Å². The van der Waals surface area contributed by atoms with Crippen LogP contribution in [0.25, 0.3) is 0 Å². The Kier molecular flexibility index (Phi) is 6.57. The number of hydrogen-bond acceptors (Lipinski definition) is 4. The van der Waals surface area contributed by atoms with Crippen molar-refractivity contribution in [2.45, 2.75) is 31.7 Å². The first kappa shape index (κ1) is 15.2. The van der Waals surface area contributed by atoms with Gasteiger partial charge in [0.05, 0.1) is 0 Å². The van der Waals surface area contributed by atoms with Gasteiger partial charge in [0.1, 0.15) is 0 Å². The molecule has 0 bridgehead atoms. The highest BCUT2D eigenvalue weighted by Crippen LogP contribution is 2.17. The molecule has 0 unspecified atom stereocenters. The van der Waals surface area contributed by atoms with Crippen LogP contribution in [0.1, 0.15) is 25.7 Å². The van der Waals surface area contributed by atoms with Crippen LogP contribution in [-0.4, -0.2) is 75.9 Å². The van der Waals surface area contributed by atoms with Gasteiger partial charge in [-0.1, -0.05) is 0 Å². The van der Waals surface area contributed by atoms with Crippen molar-refractivity contribution in [2.75, 3.05) is 60.0 Å². The summed E-state index contributed by atoms with van der Waals surface area (Å²) < 4.78 is 5.39. The number of nitrogens with zero attached hydrogens (tertiary/aromatic N) is 2. The van der Waals surface area contributed by atoms with Crippen LogP contribution < -0.4 is 5.32 Å². The lowest BCUT2D eigenvalue weighted by atomic mass is 9.96. The maximum atomic E-state index is 5.39. The predicted molar refractivity (Wildman–Crippen MR) is 79.6 cm³/mol. The van der Waals surface area contributed by atoms with Gasteiger partial charge in [-0.05, 0) is 58.8 Å². The lowest BCUT2D eigenvalue weighted by Crippen LogP contribution is -2.43. The second kappa shape index (κ2) is 8.20. The normalized spacial score (nSPS) is 24.2. The fourth-order valence-corrected chi connectivity index (χ4v) is 3.24. The van der Waals surface area contributed by atoms with Gasteiger partial charge in [0, 0.05) is 38.9 Å². The molecule has 0 aromatic rings. The molecule has 0 radical (unpaired) electrons. The molecule has 0 amide bonds. The summed E-state index contributed by atoms with van der Waals surface area (Å²) in [7, 11) is 4.37. The molecule has 1 N–H and O–H groups in total. The summed E-state index contributed by atoms with van der Waals surface area (Å²) in [5, 5.41) is 3.68. The second-order valence-corrected chi connectivity index (χ2v) is 6.39. The minimum Gasteiger partial charge on any atom is -0.381 e. The molecular weight excluding hydrogens is 238 g/mol. The van der Waals surface area contributed by atoms with E-state index in [-0.39, 0.29) is 0 Å². The highest BCUT2D eigenvalue weighted by atomic mass is 16.5. The predicted octanol–water partition coefficient (Wildman–Crippen LogP) is 1.03. The number of rotatable bonds is 6. The maximum Gasteiger partial charge on any atom is 0.0480 e. The standard InChI is InChI=1S/C15H31N3O/c1-17(2)13-14-3-8-18(9-4-14)10-7-16-15-5-11-19-12-6-15/h14-16H,3-13H2,1-2H3. The lowest BCUT2D eigenvalue weighted by Gasteiger charge is -2.33. The quantitative estimate of drug-likeness (QED) is 0.779. The van der Waals surface area contributed by atoms with Crippen LogP contribution >= 0.6 is 0 Å². The van der Waals surface area contributed by atoms with Crippen LogP contribution in [0.3, 0.4) is 0 Å². The minimum absolute atomic E-state index is 0.694. The third-order valence-electron chi connectivity index (χ3n) is 4.41. The topological polar surface area (TPSA) is 27.7 Å². The smallest absolute Gasteiger partial charge is 0.0480 e. The Balaban J connectivity index is 1.53. The van der Waals surface area contributed by atoms with E-state index in [0.29, 0.717) is 6.04 Å². The Morgan fingerprint density at radius 2 is 1.79 bits per heavy atom. The van der Waals surface area contributed by atoms with Crippen LogP contribution in [0.4, 0.5) is 0 Å². The largest absolute Gasteiger partial charge is 0.381 e. The molecule has 0 aromatic carbocycles. The molecule has 2 heterocycles. The van der Waals surface area contributed by atoms with E-state index < -0.39 is 0 Å². The molecule has 0 aliphatic carbocycles. The molecule has 4 nitrogen and oxygen atoms in total. The van der Waals surface area contributed by atoms with Crippen LogP contribution in [0.2, 0.25) is 0 Å². The van der Waals surface area contributed by atoms with Crippen molar-refractivity contribution < 1.29 is 4.74 Å². The van der Waals surface area contributed by atoms with E-state index in [1.807, 2.05) is 0 Å². The van der Waals surface area contributed by atoms with Gasteiger partial charge in [0.2, 0.25) is 0 Å². The van der Waals surface area contributed by atoms with Crippen molar-refractivity contribution in [1.82, 2.24) is 15.1 Å². The fourth-order valence-electron chi connectivity index (χ4n) is 3.24. The Morgan fingerprint density at radius 1 is 1.11 bits per heavy atom. The molecule has 19 heavy (non-hydrogen) atoms. The first-order valence-corrected chi connectivity index (χ1v) is 7.92. The summed E-state index contributed by atoms with van der Waals surface area (Å²) in [6.45, 7) is 8.06. The summed E-state index contributed by atoms with van der Waals surface area (Å²) >= 11 is 0. The summed E-state index contributed by atoms with van der Waals surface area (Å²) in [5.41, 5.74) is 0. The first-order valence-electron chi connectivity index (χ1n) is 7.92. The van der Waals surface area contributed by atoms with Crippen molar-refractivity contribution in [3.63, 3.8) is 0 Å². The van der Waals surface area contributed by atoms with E-state index in [9.17, 15) is 0 Å². The molecule has 2 fully saturated rings. The van der Waals surface area contributed by atoms with Crippen molar-refractivity contribution in [2.24, 2.45) is 5.92 Å². The van der Waals surface area contributed by atoms with E-state index in [2.05, 4.69) is 29.2 Å². The molecule has 0 aromatic heterocycles. The van der Waals surface area contributed by atoms with E-state index in [1.54, 1.807) is 0 Å². The summed E-state index contributed by atoms with van der Waals surface area (Å²) in [6.07, 6.45) is 5.11. The average molecular weight is 269 g/mol. The van der Waals surface area contributed by atoms with Gasteiger partial charge in [0.25, 0.3) is 0 Å².